The Hall–Kier alpha value is -0.770. The lowest BCUT2D eigenvalue weighted by molar-refractivity contribution is 0.100. The third kappa shape index (κ3) is 4.00. The number of hydrogen-bond acceptors (Lipinski definition) is 3. The molecule has 0 spiro atoms. The van der Waals surface area contributed by atoms with Crippen molar-refractivity contribution in [3.05, 3.63) is 18.2 Å². The second kappa shape index (κ2) is 6.74. The van der Waals surface area contributed by atoms with Gasteiger partial charge in [-0.05, 0) is 18.1 Å². The molecule has 90 valence electrons. The van der Waals surface area contributed by atoms with E-state index < -0.39 is 0 Å². The number of thioether (sulfide) groups is 1. The summed E-state index contributed by atoms with van der Waals surface area (Å²) in [5.74, 6) is 2.95. The van der Waals surface area contributed by atoms with Crippen molar-refractivity contribution in [2.45, 2.75) is 33.7 Å². The van der Waals surface area contributed by atoms with Gasteiger partial charge in [0, 0.05) is 18.9 Å². The van der Waals surface area contributed by atoms with Crippen LogP contribution in [0.3, 0.4) is 0 Å². The van der Waals surface area contributed by atoms with Gasteiger partial charge in [0.25, 0.3) is 0 Å². The van der Waals surface area contributed by atoms with Gasteiger partial charge in [-0.2, -0.15) is 11.8 Å². The van der Waals surface area contributed by atoms with Gasteiger partial charge in [0.05, 0.1) is 5.75 Å². The minimum atomic E-state index is 0.143. The van der Waals surface area contributed by atoms with Gasteiger partial charge in [-0.1, -0.05) is 20.8 Å². The summed E-state index contributed by atoms with van der Waals surface area (Å²) in [4.78, 5) is 16.0. The molecule has 0 aliphatic rings. The summed E-state index contributed by atoms with van der Waals surface area (Å²) in [6.07, 6.45) is 4.61. The lowest BCUT2D eigenvalue weighted by atomic mass is 10.3. The van der Waals surface area contributed by atoms with Gasteiger partial charge >= 0.3 is 0 Å². The second-order valence-electron chi connectivity index (χ2n) is 4.28. The van der Waals surface area contributed by atoms with E-state index in [-0.39, 0.29) is 5.78 Å². The van der Waals surface area contributed by atoms with Gasteiger partial charge in [-0.15, -0.1) is 0 Å². The maximum Gasteiger partial charge on any atom is 0.208 e. The van der Waals surface area contributed by atoms with Crippen LogP contribution in [0, 0.1) is 5.92 Å². The zero-order valence-electron chi connectivity index (χ0n) is 10.3. The summed E-state index contributed by atoms with van der Waals surface area (Å²) in [6.45, 7) is 7.29. The van der Waals surface area contributed by atoms with Crippen LogP contribution in [0.5, 0.6) is 0 Å². The number of nitrogens with zero attached hydrogens (tertiary/aromatic N) is 2. The molecule has 0 atom stereocenters. The Morgan fingerprint density at radius 3 is 2.94 bits per heavy atom. The number of hydrogen-bond donors (Lipinski definition) is 0. The fourth-order valence-electron chi connectivity index (χ4n) is 1.43. The Morgan fingerprint density at radius 1 is 1.56 bits per heavy atom. The average molecular weight is 240 g/mol. The van der Waals surface area contributed by atoms with Crippen LogP contribution in [0.1, 0.15) is 37.8 Å². The topological polar surface area (TPSA) is 34.9 Å². The van der Waals surface area contributed by atoms with Crippen molar-refractivity contribution in [2.24, 2.45) is 5.92 Å². The molecular weight excluding hydrogens is 220 g/mol. The van der Waals surface area contributed by atoms with Crippen molar-refractivity contribution >= 4 is 17.5 Å². The lowest BCUT2D eigenvalue weighted by Crippen LogP contribution is -2.12. The highest BCUT2D eigenvalue weighted by Gasteiger charge is 2.12. The smallest absolute Gasteiger partial charge is 0.208 e. The monoisotopic (exact) mass is 240 g/mol. The van der Waals surface area contributed by atoms with E-state index in [1.165, 1.54) is 0 Å². The zero-order valence-corrected chi connectivity index (χ0v) is 11.1. The van der Waals surface area contributed by atoms with Gasteiger partial charge in [-0.3, -0.25) is 4.79 Å². The van der Waals surface area contributed by atoms with E-state index in [9.17, 15) is 4.79 Å². The summed E-state index contributed by atoms with van der Waals surface area (Å²) in [6, 6.07) is 0. The molecule has 1 aromatic heterocycles. The maximum atomic E-state index is 11.9. The molecule has 0 saturated carbocycles. The Balaban J connectivity index is 2.49. The highest BCUT2D eigenvalue weighted by molar-refractivity contribution is 7.99. The van der Waals surface area contributed by atoms with Crippen molar-refractivity contribution in [2.75, 3.05) is 11.5 Å². The van der Waals surface area contributed by atoms with Crippen molar-refractivity contribution in [1.29, 1.82) is 0 Å². The fraction of sp³-hybridized carbons (Fsp3) is 0.667. The van der Waals surface area contributed by atoms with Crippen molar-refractivity contribution < 1.29 is 4.79 Å². The summed E-state index contributed by atoms with van der Waals surface area (Å²) in [5, 5.41) is 0. The molecule has 1 aromatic rings. The largest absolute Gasteiger partial charge is 0.329 e. The maximum absolute atomic E-state index is 11.9. The first kappa shape index (κ1) is 13.3. The Bertz CT molecular complexity index is 334. The number of Topliss-reactive ketones (excluding diaryl/α,β-unsaturated/α-hetero) is 1. The van der Waals surface area contributed by atoms with E-state index in [1.807, 2.05) is 10.8 Å². The van der Waals surface area contributed by atoms with Crippen LogP contribution < -0.4 is 0 Å². The second-order valence-corrected chi connectivity index (χ2v) is 5.31. The number of carbonyl (C=O) groups is 1. The molecule has 0 N–H and O–H groups in total. The molecule has 0 saturated heterocycles. The van der Waals surface area contributed by atoms with E-state index in [4.69, 9.17) is 0 Å². The Kier molecular flexibility index (Phi) is 5.60. The molecule has 0 fully saturated rings. The van der Waals surface area contributed by atoms with E-state index >= 15 is 0 Å². The third-order valence-electron chi connectivity index (χ3n) is 2.11. The average Bonchev–Trinajstić information content (AvgIpc) is 2.66. The van der Waals surface area contributed by atoms with E-state index in [0.717, 1.165) is 18.7 Å². The van der Waals surface area contributed by atoms with Crippen molar-refractivity contribution in [1.82, 2.24) is 9.55 Å². The third-order valence-corrected chi connectivity index (χ3v) is 3.48. The van der Waals surface area contributed by atoms with Gasteiger partial charge in [-0.25, -0.2) is 4.98 Å². The lowest BCUT2D eigenvalue weighted by Gasteiger charge is -2.06. The Labute approximate surface area is 102 Å². The normalized spacial score (nSPS) is 11.0. The number of carbonyl (C=O) groups excluding carboxylic acids is 1. The van der Waals surface area contributed by atoms with Crippen LogP contribution in [0.15, 0.2) is 12.4 Å². The molecule has 0 radical (unpaired) electrons. The van der Waals surface area contributed by atoms with E-state index in [2.05, 4.69) is 25.8 Å². The van der Waals surface area contributed by atoms with Gasteiger partial charge in [0.15, 0.2) is 5.82 Å². The molecular formula is C12H20N2OS. The van der Waals surface area contributed by atoms with Crippen molar-refractivity contribution in [3.63, 3.8) is 0 Å². The minimum absolute atomic E-state index is 0.143. The van der Waals surface area contributed by atoms with Gasteiger partial charge < -0.3 is 4.57 Å². The quantitative estimate of drug-likeness (QED) is 0.687. The minimum Gasteiger partial charge on any atom is -0.329 e. The van der Waals surface area contributed by atoms with Gasteiger partial charge in [0.1, 0.15) is 0 Å². The van der Waals surface area contributed by atoms with Crippen LogP contribution >= 0.6 is 11.8 Å². The first-order valence-electron chi connectivity index (χ1n) is 5.77. The van der Waals surface area contributed by atoms with Crippen LogP contribution in [-0.4, -0.2) is 26.8 Å². The summed E-state index contributed by atoms with van der Waals surface area (Å²) >= 11 is 1.69. The van der Waals surface area contributed by atoms with Gasteiger partial charge in [0.2, 0.25) is 5.78 Å². The summed E-state index contributed by atoms with van der Waals surface area (Å²) < 4.78 is 1.94. The first-order valence-corrected chi connectivity index (χ1v) is 6.92. The SMILES string of the molecule is CCCn1ccnc1C(=O)CSCC(C)C. The van der Waals surface area contributed by atoms with E-state index in [1.54, 1.807) is 18.0 Å². The summed E-state index contributed by atoms with van der Waals surface area (Å²) in [5.41, 5.74) is 0. The number of aromatic nitrogens is 2. The fourth-order valence-corrected chi connectivity index (χ4v) is 2.34. The van der Waals surface area contributed by atoms with Crippen LogP contribution in [0.4, 0.5) is 0 Å². The molecule has 1 heterocycles. The molecule has 0 bridgehead atoms. The first-order chi connectivity index (χ1) is 7.65. The van der Waals surface area contributed by atoms with Crippen LogP contribution in [-0.2, 0) is 6.54 Å². The number of imidazole rings is 1. The summed E-state index contributed by atoms with van der Waals surface area (Å²) in [7, 11) is 0. The molecule has 0 unspecified atom stereocenters. The molecule has 0 amide bonds. The predicted molar refractivity (Wildman–Crippen MR) is 69.0 cm³/mol. The standard InChI is InChI=1S/C12H20N2OS/c1-4-6-14-7-5-13-12(14)11(15)9-16-8-10(2)3/h5,7,10H,4,6,8-9H2,1-3H3. The van der Waals surface area contributed by atoms with Crippen LogP contribution in [0.25, 0.3) is 0 Å². The predicted octanol–water partition coefficient (Wildman–Crippen LogP) is 2.87. The highest BCUT2D eigenvalue weighted by Crippen LogP contribution is 2.10. The number of rotatable bonds is 7. The number of ketones is 1. The highest BCUT2D eigenvalue weighted by atomic mass is 32.2. The molecule has 0 aliphatic carbocycles. The Morgan fingerprint density at radius 2 is 2.31 bits per heavy atom. The number of aryl methyl sites for hydroxylation is 1. The van der Waals surface area contributed by atoms with Crippen molar-refractivity contribution in [3.8, 4) is 0 Å². The van der Waals surface area contributed by atoms with E-state index in [0.29, 0.717) is 17.5 Å². The molecule has 4 heteroatoms. The molecule has 0 aliphatic heterocycles. The van der Waals surface area contributed by atoms with Crippen LogP contribution in [0.2, 0.25) is 0 Å². The molecule has 3 nitrogen and oxygen atoms in total. The molecule has 1 rings (SSSR count). The zero-order chi connectivity index (χ0) is 12.0. The molecule has 16 heavy (non-hydrogen) atoms. The molecule has 0 aromatic carbocycles.